The van der Waals surface area contributed by atoms with Crippen molar-refractivity contribution in [2.75, 3.05) is 11.5 Å². The van der Waals surface area contributed by atoms with Crippen LogP contribution in [0.15, 0.2) is 0 Å². The molecule has 1 unspecified atom stereocenters. The molecule has 0 saturated carbocycles. The molecule has 1 aliphatic heterocycles. The molecule has 0 spiro atoms. The van der Waals surface area contributed by atoms with Crippen molar-refractivity contribution in [1.29, 1.82) is 0 Å². The third-order valence-electron chi connectivity index (χ3n) is 2.99. The molecule has 0 nitrogen and oxygen atoms in total. The van der Waals surface area contributed by atoms with E-state index in [4.69, 9.17) is 0 Å². The molecule has 0 N–H and O–H groups in total. The van der Waals surface area contributed by atoms with Gasteiger partial charge >= 0.3 is 0 Å². The number of thioether (sulfide) groups is 1. The first kappa shape index (κ1) is 11.4. The molecule has 78 valence electrons. The highest BCUT2D eigenvalue weighted by molar-refractivity contribution is 7.99. The normalized spacial score (nSPS) is 22.4. The summed E-state index contributed by atoms with van der Waals surface area (Å²) in [6.07, 6.45) is 11.8. The van der Waals surface area contributed by atoms with Gasteiger partial charge in [-0.15, -0.1) is 0 Å². The van der Waals surface area contributed by atoms with Gasteiger partial charge in [0.2, 0.25) is 0 Å². The monoisotopic (exact) mass is 200 g/mol. The van der Waals surface area contributed by atoms with Crippen molar-refractivity contribution in [1.82, 2.24) is 0 Å². The summed E-state index contributed by atoms with van der Waals surface area (Å²) in [5.74, 6) is 3.96. The van der Waals surface area contributed by atoms with Crippen LogP contribution in [0.25, 0.3) is 0 Å². The second-order valence-electron chi connectivity index (χ2n) is 4.29. The molecule has 1 heterocycles. The highest BCUT2D eigenvalue weighted by Gasteiger charge is 2.14. The molecular weight excluding hydrogens is 176 g/mol. The summed E-state index contributed by atoms with van der Waals surface area (Å²) in [5.41, 5.74) is 0. The van der Waals surface area contributed by atoms with E-state index < -0.39 is 0 Å². The number of rotatable bonds is 7. The summed E-state index contributed by atoms with van der Waals surface area (Å²) >= 11 is 2.15. The molecule has 1 aliphatic rings. The van der Waals surface area contributed by atoms with Crippen molar-refractivity contribution in [3.63, 3.8) is 0 Å². The summed E-state index contributed by atoms with van der Waals surface area (Å²) in [4.78, 5) is 0. The van der Waals surface area contributed by atoms with Crippen LogP contribution in [-0.4, -0.2) is 11.5 Å². The lowest BCUT2D eigenvalue weighted by molar-refractivity contribution is 0.491. The first-order valence-corrected chi connectivity index (χ1v) is 7.16. The highest BCUT2D eigenvalue weighted by atomic mass is 32.2. The zero-order valence-corrected chi connectivity index (χ0v) is 9.87. The van der Waals surface area contributed by atoms with Crippen molar-refractivity contribution in [2.45, 2.75) is 58.3 Å². The van der Waals surface area contributed by atoms with Gasteiger partial charge in [-0.05, 0) is 30.3 Å². The van der Waals surface area contributed by atoms with Crippen molar-refractivity contribution >= 4 is 11.8 Å². The van der Waals surface area contributed by atoms with Crippen LogP contribution >= 0.6 is 11.8 Å². The maximum atomic E-state index is 2.29. The number of unbranched alkanes of at least 4 members (excludes halogenated alkanes) is 5. The van der Waals surface area contributed by atoms with Crippen LogP contribution < -0.4 is 0 Å². The van der Waals surface area contributed by atoms with E-state index in [9.17, 15) is 0 Å². The highest BCUT2D eigenvalue weighted by Crippen LogP contribution is 2.27. The molecule has 1 rings (SSSR count). The van der Waals surface area contributed by atoms with Gasteiger partial charge in [0.1, 0.15) is 0 Å². The average Bonchev–Trinajstić information content (AvgIpc) is 2.63. The summed E-state index contributed by atoms with van der Waals surface area (Å²) in [5, 5.41) is 0. The van der Waals surface area contributed by atoms with Crippen LogP contribution in [0.1, 0.15) is 58.3 Å². The molecule has 0 aliphatic carbocycles. The van der Waals surface area contributed by atoms with Gasteiger partial charge in [-0.25, -0.2) is 0 Å². The van der Waals surface area contributed by atoms with Crippen LogP contribution in [0.2, 0.25) is 0 Å². The van der Waals surface area contributed by atoms with Crippen molar-refractivity contribution in [3.05, 3.63) is 0 Å². The quantitative estimate of drug-likeness (QED) is 0.546. The van der Waals surface area contributed by atoms with E-state index >= 15 is 0 Å². The molecule has 0 aromatic heterocycles. The molecule has 0 bridgehead atoms. The summed E-state index contributed by atoms with van der Waals surface area (Å²) in [6.45, 7) is 2.29. The molecule has 1 fully saturated rings. The van der Waals surface area contributed by atoms with Gasteiger partial charge in [0, 0.05) is 0 Å². The van der Waals surface area contributed by atoms with E-state index in [1.807, 2.05) is 0 Å². The molecule has 13 heavy (non-hydrogen) atoms. The zero-order chi connectivity index (χ0) is 9.36. The third kappa shape index (κ3) is 5.61. The Balaban J connectivity index is 1.78. The van der Waals surface area contributed by atoms with E-state index in [1.54, 1.807) is 0 Å². The van der Waals surface area contributed by atoms with Crippen LogP contribution in [0.5, 0.6) is 0 Å². The molecule has 1 atom stereocenters. The lowest BCUT2D eigenvalue weighted by Gasteiger charge is -2.06. The molecule has 0 aromatic rings. The van der Waals surface area contributed by atoms with Gasteiger partial charge in [-0.2, -0.15) is 11.8 Å². The van der Waals surface area contributed by atoms with E-state index in [1.165, 1.54) is 62.9 Å². The Morgan fingerprint density at radius 2 is 1.85 bits per heavy atom. The molecular formula is C12H24S. The van der Waals surface area contributed by atoms with E-state index in [0.717, 1.165) is 5.92 Å². The fourth-order valence-electron chi connectivity index (χ4n) is 2.02. The number of hydrogen-bond donors (Lipinski definition) is 0. The fourth-order valence-corrected chi connectivity index (χ4v) is 3.36. The third-order valence-corrected chi connectivity index (χ3v) is 4.22. The predicted octanol–water partition coefficient (Wildman–Crippen LogP) is 4.49. The van der Waals surface area contributed by atoms with Gasteiger partial charge < -0.3 is 0 Å². The van der Waals surface area contributed by atoms with Crippen LogP contribution in [-0.2, 0) is 0 Å². The summed E-state index contributed by atoms with van der Waals surface area (Å²) < 4.78 is 0. The van der Waals surface area contributed by atoms with Gasteiger partial charge in [-0.3, -0.25) is 0 Å². The fraction of sp³-hybridized carbons (Fsp3) is 1.00. The lowest BCUT2D eigenvalue weighted by Crippen LogP contribution is -1.96. The van der Waals surface area contributed by atoms with E-state index in [2.05, 4.69) is 18.7 Å². The van der Waals surface area contributed by atoms with Gasteiger partial charge in [0.05, 0.1) is 0 Å². The van der Waals surface area contributed by atoms with Crippen LogP contribution in [0, 0.1) is 5.92 Å². The Bertz CT molecular complexity index is 106. The maximum absolute atomic E-state index is 2.29. The Morgan fingerprint density at radius 1 is 1.08 bits per heavy atom. The summed E-state index contributed by atoms with van der Waals surface area (Å²) in [7, 11) is 0. The average molecular weight is 200 g/mol. The topological polar surface area (TPSA) is 0 Å². The Hall–Kier alpha value is 0.350. The first-order valence-electron chi connectivity index (χ1n) is 6.01. The van der Waals surface area contributed by atoms with E-state index in [0.29, 0.717) is 0 Å². The zero-order valence-electron chi connectivity index (χ0n) is 9.06. The minimum absolute atomic E-state index is 1.08. The van der Waals surface area contributed by atoms with Gasteiger partial charge in [0.25, 0.3) is 0 Å². The second kappa shape index (κ2) is 7.73. The van der Waals surface area contributed by atoms with Crippen LogP contribution in [0.3, 0.4) is 0 Å². The molecule has 0 amide bonds. The largest absolute Gasteiger partial charge is 0.162 e. The second-order valence-corrected chi connectivity index (χ2v) is 5.44. The number of hydrogen-bond acceptors (Lipinski definition) is 1. The Morgan fingerprint density at radius 3 is 2.54 bits per heavy atom. The Labute approximate surface area is 87.9 Å². The molecule has 0 radical (unpaired) electrons. The van der Waals surface area contributed by atoms with E-state index in [-0.39, 0.29) is 0 Å². The predicted molar refractivity (Wildman–Crippen MR) is 63.4 cm³/mol. The lowest BCUT2D eigenvalue weighted by atomic mass is 10.00. The molecule has 1 heteroatoms. The molecule has 1 saturated heterocycles. The SMILES string of the molecule is CCCCCCCCC1CCSC1. The first-order chi connectivity index (χ1) is 6.43. The molecule has 0 aromatic carbocycles. The van der Waals surface area contributed by atoms with Crippen molar-refractivity contribution in [3.8, 4) is 0 Å². The van der Waals surface area contributed by atoms with Gasteiger partial charge in [-0.1, -0.05) is 45.4 Å². The Kier molecular flexibility index (Phi) is 6.79. The minimum Gasteiger partial charge on any atom is -0.162 e. The van der Waals surface area contributed by atoms with Gasteiger partial charge in [0.15, 0.2) is 0 Å². The standard InChI is InChI=1S/C12H24S/c1-2-3-4-5-6-7-8-12-9-10-13-11-12/h12H,2-11H2,1H3. The smallest absolute Gasteiger partial charge is 0.00388 e. The maximum Gasteiger partial charge on any atom is -0.00388 e. The minimum atomic E-state index is 1.08. The summed E-state index contributed by atoms with van der Waals surface area (Å²) in [6, 6.07) is 0. The van der Waals surface area contributed by atoms with Crippen LogP contribution in [0.4, 0.5) is 0 Å². The van der Waals surface area contributed by atoms with Crippen molar-refractivity contribution in [2.24, 2.45) is 5.92 Å². The van der Waals surface area contributed by atoms with Crippen molar-refractivity contribution < 1.29 is 0 Å².